The molecule has 1 heterocycles. The summed E-state index contributed by atoms with van der Waals surface area (Å²) >= 11 is 0. The van der Waals surface area contributed by atoms with Crippen molar-refractivity contribution in [2.24, 2.45) is 5.92 Å². The van der Waals surface area contributed by atoms with Crippen LogP contribution in [0, 0.1) is 5.92 Å². The number of hydrogen-bond acceptors (Lipinski definition) is 2. The van der Waals surface area contributed by atoms with Gasteiger partial charge in [0.1, 0.15) is 0 Å². The van der Waals surface area contributed by atoms with Gasteiger partial charge in [-0.2, -0.15) is 0 Å². The second-order valence-corrected chi connectivity index (χ2v) is 5.30. The molecule has 2 fully saturated rings. The van der Waals surface area contributed by atoms with Gasteiger partial charge in [0.25, 0.3) is 0 Å². The monoisotopic (exact) mass is 210 g/mol. The van der Waals surface area contributed by atoms with Crippen molar-refractivity contribution in [2.45, 2.75) is 51.0 Å². The third kappa shape index (κ3) is 3.18. The third-order valence-electron chi connectivity index (χ3n) is 4.24. The number of nitrogens with zero attached hydrogens (tertiary/aromatic N) is 1. The highest BCUT2D eigenvalue weighted by molar-refractivity contribution is 4.82. The van der Waals surface area contributed by atoms with Crippen LogP contribution in [0.5, 0.6) is 0 Å². The van der Waals surface area contributed by atoms with Gasteiger partial charge in [0, 0.05) is 12.6 Å². The van der Waals surface area contributed by atoms with Gasteiger partial charge in [-0.25, -0.2) is 0 Å². The zero-order valence-electron chi connectivity index (χ0n) is 10.2. The van der Waals surface area contributed by atoms with E-state index < -0.39 is 0 Å². The molecular weight excluding hydrogens is 184 g/mol. The summed E-state index contributed by atoms with van der Waals surface area (Å²) in [6.07, 6.45) is 10.1. The molecule has 2 heteroatoms. The molecule has 15 heavy (non-hydrogen) atoms. The number of likely N-dealkylation sites (tertiary alicyclic amines) is 1. The summed E-state index contributed by atoms with van der Waals surface area (Å²) in [6.45, 7) is 3.97. The first kappa shape index (κ1) is 11.4. The van der Waals surface area contributed by atoms with Crippen LogP contribution in [0.15, 0.2) is 0 Å². The first-order valence-electron chi connectivity index (χ1n) is 6.80. The number of hydrogen-bond donors (Lipinski definition) is 1. The van der Waals surface area contributed by atoms with Gasteiger partial charge in [0.05, 0.1) is 0 Å². The lowest BCUT2D eigenvalue weighted by Gasteiger charge is -2.32. The molecule has 1 aliphatic carbocycles. The van der Waals surface area contributed by atoms with Crippen LogP contribution in [0.25, 0.3) is 0 Å². The maximum Gasteiger partial charge on any atom is 0.0220 e. The summed E-state index contributed by atoms with van der Waals surface area (Å²) in [6, 6.07) is 0.753. The molecule has 2 rings (SSSR count). The van der Waals surface area contributed by atoms with Crippen molar-refractivity contribution in [3.63, 3.8) is 0 Å². The number of nitrogens with one attached hydrogen (secondary N) is 1. The Morgan fingerprint density at radius 2 is 1.73 bits per heavy atom. The first-order chi connectivity index (χ1) is 7.40. The predicted molar refractivity (Wildman–Crippen MR) is 65.1 cm³/mol. The standard InChI is InChI=1S/C13H26N2/c1-14-13(11-15-9-5-6-10-15)12-7-3-2-4-8-12/h12-14H,2-11H2,1H3/t13-/m1/s1. The van der Waals surface area contributed by atoms with Gasteiger partial charge in [0.15, 0.2) is 0 Å². The van der Waals surface area contributed by atoms with E-state index in [4.69, 9.17) is 0 Å². The highest BCUT2D eigenvalue weighted by Crippen LogP contribution is 2.27. The van der Waals surface area contributed by atoms with Crippen LogP contribution in [0.3, 0.4) is 0 Å². The Morgan fingerprint density at radius 3 is 2.33 bits per heavy atom. The molecule has 0 aromatic heterocycles. The van der Waals surface area contributed by atoms with Gasteiger partial charge in [-0.15, -0.1) is 0 Å². The summed E-state index contributed by atoms with van der Waals surface area (Å²) in [5.74, 6) is 0.948. The molecule has 1 saturated heterocycles. The predicted octanol–water partition coefficient (Wildman–Crippen LogP) is 2.25. The van der Waals surface area contributed by atoms with Crippen LogP contribution in [-0.4, -0.2) is 37.6 Å². The van der Waals surface area contributed by atoms with Crippen molar-refractivity contribution in [2.75, 3.05) is 26.7 Å². The fourth-order valence-corrected chi connectivity index (χ4v) is 3.26. The Hall–Kier alpha value is -0.0800. The lowest BCUT2D eigenvalue weighted by molar-refractivity contribution is 0.212. The maximum atomic E-state index is 3.56. The van der Waals surface area contributed by atoms with Gasteiger partial charge in [-0.05, 0) is 51.7 Å². The Labute approximate surface area is 94.4 Å². The minimum absolute atomic E-state index is 0.753. The molecule has 0 spiro atoms. The van der Waals surface area contributed by atoms with E-state index in [1.807, 2.05) is 0 Å². The molecule has 0 bridgehead atoms. The van der Waals surface area contributed by atoms with Gasteiger partial charge in [-0.3, -0.25) is 0 Å². The van der Waals surface area contributed by atoms with E-state index in [-0.39, 0.29) is 0 Å². The minimum Gasteiger partial charge on any atom is -0.315 e. The van der Waals surface area contributed by atoms with Crippen molar-refractivity contribution in [1.29, 1.82) is 0 Å². The smallest absolute Gasteiger partial charge is 0.0220 e. The normalized spacial score (nSPS) is 27.0. The quantitative estimate of drug-likeness (QED) is 0.765. The molecule has 0 unspecified atom stereocenters. The highest BCUT2D eigenvalue weighted by atomic mass is 15.2. The zero-order valence-corrected chi connectivity index (χ0v) is 10.2. The number of likely N-dealkylation sites (N-methyl/N-ethyl adjacent to an activating group) is 1. The second-order valence-electron chi connectivity index (χ2n) is 5.30. The molecule has 2 aliphatic rings. The average molecular weight is 210 g/mol. The Balaban J connectivity index is 1.79. The van der Waals surface area contributed by atoms with Crippen molar-refractivity contribution in [3.8, 4) is 0 Å². The highest BCUT2D eigenvalue weighted by Gasteiger charge is 2.25. The summed E-state index contributed by atoms with van der Waals surface area (Å²) in [7, 11) is 2.15. The lowest BCUT2D eigenvalue weighted by Crippen LogP contribution is -2.43. The first-order valence-corrected chi connectivity index (χ1v) is 6.80. The minimum atomic E-state index is 0.753. The fourth-order valence-electron chi connectivity index (χ4n) is 3.26. The molecule has 0 amide bonds. The Bertz CT molecular complexity index is 169. The van der Waals surface area contributed by atoms with E-state index in [1.54, 1.807) is 0 Å². The summed E-state index contributed by atoms with van der Waals surface area (Å²) < 4.78 is 0. The molecule has 0 radical (unpaired) electrons. The Kier molecular flexibility index (Phi) is 4.45. The molecule has 1 aliphatic heterocycles. The number of rotatable bonds is 4. The van der Waals surface area contributed by atoms with E-state index in [0.717, 1.165) is 12.0 Å². The topological polar surface area (TPSA) is 15.3 Å². The SMILES string of the molecule is CN[C@H](CN1CCCC1)C1CCCCC1. The van der Waals surface area contributed by atoms with Crippen LogP contribution in [-0.2, 0) is 0 Å². The van der Waals surface area contributed by atoms with Crippen LogP contribution in [0.1, 0.15) is 44.9 Å². The van der Waals surface area contributed by atoms with Gasteiger partial charge < -0.3 is 10.2 Å². The lowest BCUT2D eigenvalue weighted by atomic mass is 9.84. The van der Waals surface area contributed by atoms with E-state index in [1.165, 1.54) is 64.6 Å². The van der Waals surface area contributed by atoms with Gasteiger partial charge in [0.2, 0.25) is 0 Å². The summed E-state index contributed by atoms with van der Waals surface area (Å²) in [5.41, 5.74) is 0. The molecule has 2 nitrogen and oxygen atoms in total. The fraction of sp³-hybridized carbons (Fsp3) is 1.00. The van der Waals surface area contributed by atoms with Crippen molar-refractivity contribution in [3.05, 3.63) is 0 Å². The molecule has 1 atom stereocenters. The average Bonchev–Trinajstić information content (AvgIpc) is 2.80. The van der Waals surface area contributed by atoms with E-state index >= 15 is 0 Å². The van der Waals surface area contributed by atoms with E-state index in [2.05, 4.69) is 17.3 Å². The zero-order chi connectivity index (χ0) is 10.5. The molecule has 0 aromatic carbocycles. The molecule has 1 N–H and O–H groups in total. The van der Waals surface area contributed by atoms with Gasteiger partial charge >= 0.3 is 0 Å². The second kappa shape index (κ2) is 5.86. The van der Waals surface area contributed by atoms with Crippen LogP contribution in [0.4, 0.5) is 0 Å². The largest absolute Gasteiger partial charge is 0.315 e. The maximum absolute atomic E-state index is 3.56. The van der Waals surface area contributed by atoms with Crippen LogP contribution >= 0.6 is 0 Å². The van der Waals surface area contributed by atoms with E-state index in [0.29, 0.717) is 0 Å². The molecular formula is C13H26N2. The summed E-state index contributed by atoms with van der Waals surface area (Å²) in [4.78, 5) is 2.65. The molecule has 0 aromatic rings. The Morgan fingerprint density at radius 1 is 1.07 bits per heavy atom. The van der Waals surface area contributed by atoms with Crippen molar-refractivity contribution >= 4 is 0 Å². The van der Waals surface area contributed by atoms with Crippen molar-refractivity contribution in [1.82, 2.24) is 10.2 Å². The molecule has 1 saturated carbocycles. The molecule has 88 valence electrons. The van der Waals surface area contributed by atoms with Gasteiger partial charge in [-0.1, -0.05) is 19.3 Å². The van der Waals surface area contributed by atoms with Crippen LogP contribution in [0.2, 0.25) is 0 Å². The van der Waals surface area contributed by atoms with Crippen LogP contribution < -0.4 is 5.32 Å². The van der Waals surface area contributed by atoms with Crippen molar-refractivity contribution < 1.29 is 0 Å². The third-order valence-corrected chi connectivity index (χ3v) is 4.24. The summed E-state index contributed by atoms with van der Waals surface area (Å²) in [5, 5.41) is 3.56. The van der Waals surface area contributed by atoms with E-state index in [9.17, 15) is 0 Å².